The van der Waals surface area contributed by atoms with Crippen LogP contribution in [-0.2, 0) is 16.0 Å². The van der Waals surface area contributed by atoms with Gasteiger partial charge in [0.05, 0.1) is 11.7 Å². The molecule has 31 heavy (non-hydrogen) atoms. The molecule has 2 aromatic carbocycles. The summed E-state index contributed by atoms with van der Waals surface area (Å²) < 4.78 is 11.1. The number of carbonyl (C=O) groups is 2. The molecule has 3 rings (SSSR count). The SMILES string of the molecule is CC1Oc2ccc(C(Cc3ccc(N(C)C)cc3)NC(=O)OC(C)(C)C)cc2NC1=O. The summed E-state index contributed by atoms with van der Waals surface area (Å²) in [7, 11) is 3.98. The van der Waals surface area contributed by atoms with Crippen LogP contribution in [0.2, 0.25) is 0 Å². The molecule has 2 atom stereocenters. The zero-order chi connectivity index (χ0) is 22.8. The minimum atomic E-state index is -0.601. The van der Waals surface area contributed by atoms with Crippen molar-refractivity contribution in [1.82, 2.24) is 5.32 Å². The van der Waals surface area contributed by atoms with Crippen molar-refractivity contribution in [3.8, 4) is 5.75 Å². The lowest BCUT2D eigenvalue weighted by atomic mass is 9.97. The topological polar surface area (TPSA) is 79.9 Å². The maximum Gasteiger partial charge on any atom is 0.408 e. The quantitative estimate of drug-likeness (QED) is 0.747. The van der Waals surface area contributed by atoms with Gasteiger partial charge in [-0.15, -0.1) is 0 Å². The first kappa shape index (κ1) is 22.5. The number of carbonyl (C=O) groups excluding carboxylic acids is 2. The standard InChI is InChI=1S/C24H31N3O4/c1-15-22(28)25-20-14-17(9-12-21(20)30-15)19(26-23(29)31-24(2,3)4)13-16-7-10-18(11-8-16)27(5)6/h7-12,14-15,19H,13H2,1-6H3,(H,25,28)(H,26,29). The van der Waals surface area contributed by atoms with Crippen molar-refractivity contribution < 1.29 is 19.1 Å². The van der Waals surface area contributed by atoms with Crippen LogP contribution in [0.25, 0.3) is 0 Å². The lowest BCUT2D eigenvalue weighted by Crippen LogP contribution is -2.36. The third-order valence-electron chi connectivity index (χ3n) is 4.92. The van der Waals surface area contributed by atoms with Gasteiger partial charge in [-0.2, -0.15) is 0 Å². The van der Waals surface area contributed by atoms with Crippen LogP contribution in [0.4, 0.5) is 16.2 Å². The molecule has 166 valence electrons. The highest BCUT2D eigenvalue weighted by molar-refractivity contribution is 5.97. The molecule has 2 aromatic rings. The Bertz CT molecular complexity index is 948. The van der Waals surface area contributed by atoms with Crippen molar-refractivity contribution in [2.24, 2.45) is 0 Å². The Morgan fingerprint density at radius 2 is 1.87 bits per heavy atom. The van der Waals surface area contributed by atoms with E-state index in [-0.39, 0.29) is 11.9 Å². The van der Waals surface area contributed by atoms with Crippen LogP contribution in [0.5, 0.6) is 5.75 Å². The molecule has 2 N–H and O–H groups in total. The zero-order valence-electron chi connectivity index (χ0n) is 19.0. The molecule has 7 heteroatoms. The van der Waals surface area contributed by atoms with E-state index >= 15 is 0 Å². The number of hydrogen-bond acceptors (Lipinski definition) is 5. The first-order chi connectivity index (χ1) is 14.5. The number of amides is 2. The molecule has 2 unspecified atom stereocenters. The average molecular weight is 426 g/mol. The number of alkyl carbamates (subject to hydrolysis) is 1. The van der Waals surface area contributed by atoms with Crippen molar-refractivity contribution in [3.05, 3.63) is 53.6 Å². The Kier molecular flexibility index (Phi) is 6.43. The Hall–Kier alpha value is -3.22. The molecule has 1 aliphatic rings. The lowest BCUT2D eigenvalue weighted by Gasteiger charge is -2.27. The Morgan fingerprint density at radius 1 is 1.19 bits per heavy atom. The van der Waals surface area contributed by atoms with Crippen LogP contribution in [0.3, 0.4) is 0 Å². The Labute approximate surface area is 183 Å². The van der Waals surface area contributed by atoms with Gasteiger partial charge in [-0.1, -0.05) is 18.2 Å². The molecule has 0 radical (unpaired) electrons. The van der Waals surface area contributed by atoms with Gasteiger partial charge in [0.15, 0.2) is 6.10 Å². The number of anilines is 2. The molecule has 0 fully saturated rings. The minimum absolute atomic E-state index is 0.194. The third-order valence-corrected chi connectivity index (χ3v) is 4.92. The number of fused-ring (bicyclic) bond motifs is 1. The van der Waals surface area contributed by atoms with E-state index in [0.717, 1.165) is 16.8 Å². The predicted octanol–water partition coefficient (Wildman–Crippen LogP) is 4.28. The fourth-order valence-corrected chi connectivity index (χ4v) is 3.31. The molecule has 1 aliphatic heterocycles. The van der Waals surface area contributed by atoms with Crippen molar-refractivity contribution in [1.29, 1.82) is 0 Å². The Balaban J connectivity index is 1.87. The summed E-state index contributed by atoms with van der Waals surface area (Å²) >= 11 is 0. The molecule has 0 spiro atoms. The molecule has 0 bridgehead atoms. The maximum absolute atomic E-state index is 12.5. The van der Waals surface area contributed by atoms with E-state index in [0.29, 0.717) is 17.9 Å². The highest BCUT2D eigenvalue weighted by Gasteiger charge is 2.26. The van der Waals surface area contributed by atoms with E-state index < -0.39 is 17.8 Å². The van der Waals surface area contributed by atoms with Gasteiger partial charge in [0.1, 0.15) is 11.4 Å². The number of ether oxygens (including phenoxy) is 2. The number of benzene rings is 2. The monoisotopic (exact) mass is 425 g/mol. The largest absolute Gasteiger partial charge is 0.479 e. The van der Waals surface area contributed by atoms with Crippen molar-refractivity contribution in [3.63, 3.8) is 0 Å². The van der Waals surface area contributed by atoms with Crippen molar-refractivity contribution in [2.75, 3.05) is 24.3 Å². The van der Waals surface area contributed by atoms with Gasteiger partial charge in [-0.25, -0.2) is 4.79 Å². The highest BCUT2D eigenvalue weighted by Crippen LogP contribution is 2.33. The zero-order valence-corrected chi connectivity index (χ0v) is 19.0. The van der Waals surface area contributed by atoms with Crippen LogP contribution < -0.4 is 20.3 Å². The molecule has 2 amide bonds. The summed E-state index contributed by atoms with van der Waals surface area (Å²) in [5, 5.41) is 5.84. The van der Waals surface area contributed by atoms with Gasteiger partial charge in [0.2, 0.25) is 0 Å². The van der Waals surface area contributed by atoms with Crippen molar-refractivity contribution in [2.45, 2.75) is 51.9 Å². The van der Waals surface area contributed by atoms with Gasteiger partial charge < -0.3 is 25.0 Å². The highest BCUT2D eigenvalue weighted by atomic mass is 16.6. The summed E-state index contributed by atoms with van der Waals surface area (Å²) in [5.74, 6) is 0.419. The van der Waals surface area contributed by atoms with E-state index in [4.69, 9.17) is 9.47 Å². The molecule has 0 aliphatic carbocycles. The summed E-state index contributed by atoms with van der Waals surface area (Å²) in [6, 6.07) is 13.4. The second kappa shape index (κ2) is 8.88. The predicted molar refractivity (Wildman–Crippen MR) is 122 cm³/mol. The fourth-order valence-electron chi connectivity index (χ4n) is 3.31. The smallest absolute Gasteiger partial charge is 0.408 e. The first-order valence-electron chi connectivity index (χ1n) is 10.4. The van der Waals surface area contributed by atoms with E-state index in [1.807, 2.05) is 82.2 Å². The second-order valence-electron chi connectivity index (χ2n) is 8.97. The summed E-state index contributed by atoms with van der Waals surface area (Å²) in [6.07, 6.45) is -0.463. The lowest BCUT2D eigenvalue weighted by molar-refractivity contribution is -0.122. The van der Waals surface area contributed by atoms with Crippen molar-refractivity contribution >= 4 is 23.4 Å². The number of rotatable bonds is 5. The van der Waals surface area contributed by atoms with Crippen LogP contribution >= 0.6 is 0 Å². The number of nitrogens with one attached hydrogen (secondary N) is 2. The van der Waals surface area contributed by atoms with Gasteiger partial charge >= 0.3 is 6.09 Å². The van der Waals surface area contributed by atoms with Gasteiger partial charge in [-0.05, 0) is 69.5 Å². The molecule has 0 saturated heterocycles. The minimum Gasteiger partial charge on any atom is -0.479 e. The summed E-state index contributed by atoms with van der Waals surface area (Å²) in [5.41, 5.74) is 3.01. The van der Waals surface area contributed by atoms with Crippen LogP contribution in [0.15, 0.2) is 42.5 Å². The molecule has 0 saturated carbocycles. The van der Waals surface area contributed by atoms with Gasteiger partial charge in [0.25, 0.3) is 5.91 Å². The fraction of sp³-hybridized carbons (Fsp3) is 0.417. The summed E-state index contributed by atoms with van der Waals surface area (Å²) in [4.78, 5) is 26.6. The summed E-state index contributed by atoms with van der Waals surface area (Å²) in [6.45, 7) is 7.19. The normalized spacial score (nSPS) is 16.5. The van der Waals surface area contributed by atoms with E-state index in [1.165, 1.54) is 0 Å². The van der Waals surface area contributed by atoms with E-state index in [9.17, 15) is 9.59 Å². The number of hydrogen-bond donors (Lipinski definition) is 2. The number of nitrogens with zero attached hydrogens (tertiary/aromatic N) is 1. The average Bonchev–Trinajstić information content (AvgIpc) is 2.67. The Morgan fingerprint density at radius 3 is 2.48 bits per heavy atom. The molecular formula is C24H31N3O4. The van der Waals surface area contributed by atoms with E-state index in [1.54, 1.807) is 6.92 Å². The van der Waals surface area contributed by atoms with Gasteiger partial charge in [0, 0.05) is 19.8 Å². The third kappa shape index (κ3) is 5.90. The van der Waals surface area contributed by atoms with Gasteiger partial charge in [-0.3, -0.25) is 4.79 Å². The van der Waals surface area contributed by atoms with Crippen LogP contribution in [-0.4, -0.2) is 37.8 Å². The molecule has 7 nitrogen and oxygen atoms in total. The molecule has 1 heterocycles. The second-order valence-corrected chi connectivity index (χ2v) is 8.97. The maximum atomic E-state index is 12.5. The molecular weight excluding hydrogens is 394 g/mol. The first-order valence-corrected chi connectivity index (χ1v) is 10.4. The van der Waals surface area contributed by atoms with Crippen LogP contribution in [0, 0.1) is 0 Å². The molecule has 0 aromatic heterocycles. The van der Waals surface area contributed by atoms with E-state index in [2.05, 4.69) is 10.6 Å². The van der Waals surface area contributed by atoms with Crippen LogP contribution in [0.1, 0.15) is 44.9 Å².